The highest BCUT2D eigenvalue weighted by Gasteiger charge is 2.27. The van der Waals surface area contributed by atoms with Crippen LogP contribution < -0.4 is 0 Å². The van der Waals surface area contributed by atoms with Gasteiger partial charge < -0.3 is 18.9 Å². The SMILES string of the molecule is CCCCCCCCCCCCCCCCCCCCCCCCCCCCCCCCCCCCCCC(=O)OC(COC(=O)CCCCCCCCCCCCCCCCCC)COP(=O)(O)OCC[N+](C)(C)C. The minimum Gasteiger partial charge on any atom is -0.462 e. The number of hydrogen-bond donors (Lipinski definition) is 1. The van der Waals surface area contributed by atoms with E-state index >= 15 is 0 Å². The number of phosphoric ester groups is 1. The second-order valence-electron chi connectivity index (χ2n) is 24.6. The zero-order valence-electron chi connectivity index (χ0n) is 51.8. The van der Waals surface area contributed by atoms with Crippen molar-refractivity contribution in [1.82, 2.24) is 0 Å². The van der Waals surface area contributed by atoms with Gasteiger partial charge in [-0.15, -0.1) is 0 Å². The molecule has 0 amide bonds. The molecule has 0 aliphatic carbocycles. The van der Waals surface area contributed by atoms with E-state index in [1.807, 2.05) is 21.1 Å². The third-order valence-corrected chi connectivity index (χ3v) is 16.6. The van der Waals surface area contributed by atoms with Crippen LogP contribution in [0.1, 0.15) is 361 Å². The van der Waals surface area contributed by atoms with Gasteiger partial charge in [0.1, 0.15) is 19.8 Å². The molecule has 0 saturated heterocycles. The summed E-state index contributed by atoms with van der Waals surface area (Å²) in [5.74, 6) is -0.771. The number of likely N-dealkylation sites (N-methyl/N-ethyl adjacent to an activating group) is 1. The molecule has 10 heteroatoms. The molecule has 0 aliphatic heterocycles. The van der Waals surface area contributed by atoms with Crippen molar-refractivity contribution >= 4 is 19.8 Å². The monoisotopic (exact) mass is 1100 g/mol. The summed E-state index contributed by atoms with van der Waals surface area (Å²) in [4.78, 5) is 35.7. The second-order valence-corrected chi connectivity index (χ2v) is 26.0. The molecule has 0 rings (SSSR count). The molecule has 2 unspecified atom stereocenters. The number of nitrogens with zero attached hydrogens (tertiary/aromatic N) is 1. The van der Waals surface area contributed by atoms with Gasteiger partial charge >= 0.3 is 19.8 Å². The van der Waals surface area contributed by atoms with Crippen molar-refractivity contribution in [1.29, 1.82) is 0 Å². The van der Waals surface area contributed by atoms with E-state index in [9.17, 15) is 19.0 Å². The van der Waals surface area contributed by atoms with Crippen LogP contribution in [0.25, 0.3) is 0 Å². The van der Waals surface area contributed by atoms with Crippen molar-refractivity contribution in [2.45, 2.75) is 367 Å². The number of esters is 2. The Morgan fingerprint density at radius 1 is 0.355 bits per heavy atom. The van der Waals surface area contributed by atoms with Gasteiger partial charge in [0, 0.05) is 12.8 Å². The smallest absolute Gasteiger partial charge is 0.462 e. The van der Waals surface area contributed by atoms with Gasteiger partial charge in [0.15, 0.2) is 6.10 Å². The van der Waals surface area contributed by atoms with Crippen molar-refractivity contribution in [3.8, 4) is 0 Å². The maximum absolute atomic E-state index is 12.8. The molecule has 454 valence electrons. The van der Waals surface area contributed by atoms with Crippen LogP contribution >= 0.6 is 7.82 Å². The van der Waals surface area contributed by atoms with Crippen molar-refractivity contribution in [3.63, 3.8) is 0 Å². The van der Waals surface area contributed by atoms with E-state index < -0.39 is 26.5 Å². The van der Waals surface area contributed by atoms with Gasteiger partial charge in [-0.1, -0.05) is 335 Å². The maximum atomic E-state index is 12.8. The fraction of sp³-hybridized carbons (Fsp3) is 0.970. The lowest BCUT2D eigenvalue weighted by atomic mass is 10.0. The zero-order chi connectivity index (χ0) is 55.6. The molecule has 0 fully saturated rings. The van der Waals surface area contributed by atoms with E-state index in [2.05, 4.69) is 13.8 Å². The lowest BCUT2D eigenvalue weighted by Gasteiger charge is -2.24. The average molecular weight is 1100 g/mol. The molecule has 0 spiro atoms. The summed E-state index contributed by atoms with van der Waals surface area (Å²) < 4.78 is 34.6. The minimum atomic E-state index is -4.38. The number of carbonyl (C=O) groups is 2. The summed E-state index contributed by atoms with van der Waals surface area (Å²) in [7, 11) is 1.50. The normalized spacial score (nSPS) is 13.1. The Kier molecular flexibility index (Phi) is 57.9. The number of hydrogen-bond acceptors (Lipinski definition) is 7. The zero-order valence-corrected chi connectivity index (χ0v) is 52.7. The molecule has 0 saturated carbocycles. The van der Waals surface area contributed by atoms with Gasteiger partial charge in [0.05, 0.1) is 27.7 Å². The quantitative estimate of drug-likeness (QED) is 0.0278. The Bertz CT molecular complexity index is 1240. The maximum Gasteiger partial charge on any atom is 0.472 e. The van der Waals surface area contributed by atoms with Crippen molar-refractivity contribution < 1.29 is 42.1 Å². The van der Waals surface area contributed by atoms with E-state index in [1.54, 1.807) is 0 Å². The van der Waals surface area contributed by atoms with E-state index in [-0.39, 0.29) is 25.6 Å². The number of carbonyl (C=O) groups excluding carboxylic acids is 2. The Hall–Kier alpha value is -0.990. The Balaban J connectivity index is 3.89. The third kappa shape index (κ3) is 62.2. The van der Waals surface area contributed by atoms with Gasteiger partial charge in [-0.05, 0) is 12.8 Å². The van der Waals surface area contributed by atoms with Crippen LogP contribution in [-0.2, 0) is 32.7 Å². The predicted molar refractivity (Wildman–Crippen MR) is 326 cm³/mol. The highest BCUT2D eigenvalue weighted by molar-refractivity contribution is 7.47. The molecule has 0 aromatic heterocycles. The molecule has 1 N–H and O–H groups in total. The third-order valence-electron chi connectivity index (χ3n) is 15.6. The van der Waals surface area contributed by atoms with Crippen LogP contribution in [0, 0.1) is 0 Å². The Labute approximate surface area is 474 Å². The van der Waals surface area contributed by atoms with Crippen LogP contribution in [-0.4, -0.2) is 74.9 Å². The molecule has 2 atom stereocenters. The highest BCUT2D eigenvalue weighted by atomic mass is 31.2. The number of unbranched alkanes of at least 4 members (excludes halogenated alkanes) is 50. The highest BCUT2D eigenvalue weighted by Crippen LogP contribution is 2.43. The van der Waals surface area contributed by atoms with E-state index in [0.717, 1.165) is 38.5 Å². The fourth-order valence-corrected chi connectivity index (χ4v) is 11.2. The van der Waals surface area contributed by atoms with E-state index in [0.29, 0.717) is 17.4 Å². The van der Waals surface area contributed by atoms with Gasteiger partial charge in [-0.3, -0.25) is 18.6 Å². The van der Waals surface area contributed by atoms with Crippen molar-refractivity contribution in [3.05, 3.63) is 0 Å². The topological polar surface area (TPSA) is 108 Å². The first-order chi connectivity index (χ1) is 37.0. The second kappa shape index (κ2) is 58.7. The standard InChI is InChI=1S/C66H132NO8P/c1-6-8-10-12-14-16-18-20-22-24-25-26-27-28-29-30-31-32-33-34-35-36-37-38-39-40-41-42-43-45-47-49-51-53-55-57-59-66(69)75-64(63-74-76(70,71)73-61-60-67(3,4)5)62-72-65(68)58-56-54-52-50-48-46-44-23-21-19-17-15-13-11-9-7-2/h64H,6-63H2,1-5H3/p+1. The summed E-state index contributed by atoms with van der Waals surface area (Å²) in [5, 5.41) is 0. The molecule has 0 radical (unpaired) electrons. The molecular weight excluding hydrogens is 966 g/mol. The van der Waals surface area contributed by atoms with Crippen LogP contribution in [0.5, 0.6) is 0 Å². The minimum absolute atomic E-state index is 0.0375. The van der Waals surface area contributed by atoms with Crippen LogP contribution in [0.3, 0.4) is 0 Å². The molecule has 76 heavy (non-hydrogen) atoms. The van der Waals surface area contributed by atoms with E-state index in [1.165, 1.54) is 295 Å². The number of quaternary nitrogens is 1. The molecule has 9 nitrogen and oxygen atoms in total. The summed E-state index contributed by atoms with van der Waals surface area (Å²) in [6, 6.07) is 0. The van der Waals surface area contributed by atoms with Crippen LogP contribution in [0.15, 0.2) is 0 Å². The molecule has 0 aromatic carbocycles. The summed E-state index contributed by atoms with van der Waals surface area (Å²) in [6.45, 7) is 4.51. The number of phosphoric acid groups is 1. The lowest BCUT2D eigenvalue weighted by Crippen LogP contribution is -2.37. The molecular formula is C66H133NO8P+. The Morgan fingerprint density at radius 2 is 0.592 bits per heavy atom. The largest absolute Gasteiger partial charge is 0.472 e. The van der Waals surface area contributed by atoms with Crippen molar-refractivity contribution in [2.75, 3.05) is 47.5 Å². The first-order valence-electron chi connectivity index (χ1n) is 33.8. The van der Waals surface area contributed by atoms with Gasteiger partial charge in [-0.2, -0.15) is 0 Å². The molecule has 0 bridgehead atoms. The number of ether oxygens (including phenoxy) is 2. The number of rotatable bonds is 64. The predicted octanol–water partition coefficient (Wildman–Crippen LogP) is 21.4. The first-order valence-corrected chi connectivity index (χ1v) is 35.3. The average Bonchev–Trinajstić information content (AvgIpc) is 3.38. The lowest BCUT2D eigenvalue weighted by molar-refractivity contribution is -0.870. The van der Waals surface area contributed by atoms with Gasteiger partial charge in [-0.25, -0.2) is 4.57 Å². The molecule has 0 heterocycles. The van der Waals surface area contributed by atoms with Gasteiger partial charge in [0.2, 0.25) is 0 Å². The Morgan fingerprint density at radius 3 is 0.842 bits per heavy atom. The summed E-state index contributed by atoms with van der Waals surface area (Å²) >= 11 is 0. The first kappa shape index (κ1) is 75.0. The fourth-order valence-electron chi connectivity index (χ4n) is 10.4. The van der Waals surface area contributed by atoms with Crippen molar-refractivity contribution in [2.24, 2.45) is 0 Å². The van der Waals surface area contributed by atoms with Crippen LogP contribution in [0.2, 0.25) is 0 Å². The van der Waals surface area contributed by atoms with Gasteiger partial charge in [0.25, 0.3) is 0 Å². The molecule has 0 aliphatic rings. The van der Waals surface area contributed by atoms with E-state index in [4.69, 9.17) is 18.5 Å². The summed E-state index contributed by atoms with van der Waals surface area (Å²) in [5.41, 5.74) is 0. The molecule has 0 aromatic rings. The van der Waals surface area contributed by atoms with Crippen LogP contribution in [0.4, 0.5) is 0 Å². The summed E-state index contributed by atoms with van der Waals surface area (Å²) in [6.07, 6.45) is 69.3.